The molecule has 364 valence electrons. The Morgan fingerprint density at radius 3 is 1.68 bits per heavy atom. The highest BCUT2D eigenvalue weighted by Gasteiger charge is 2.58. The maximum atomic E-state index is 6.52. The fourth-order valence-electron chi connectivity index (χ4n) is 13.5. The van der Waals surface area contributed by atoms with Crippen LogP contribution in [0.25, 0.3) is 33.1 Å². The van der Waals surface area contributed by atoms with E-state index in [0.717, 1.165) is 40.5 Å². The van der Waals surface area contributed by atoms with E-state index in [1.54, 1.807) is 0 Å². The number of hydrogen-bond acceptors (Lipinski definition) is 4. The topological polar surface area (TPSA) is 22.9 Å². The Hall–Kier alpha value is -6.98. The zero-order chi connectivity index (χ0) is 50.6. The van der Waals surface area contributed by atoms with Crippen molar-refractivity contribution in [2.24, 2.45) is 0 Å². The highest BCUT2D eigenvalue weighted by molar-refractivity contribution is 7.00. The number of furan rings is 1. The Kier molecular flexibility index (Phi) is 9.90. The number of rotatable bonds is 4. The van der Waals surface area contributed by atoms with Crippen molar-refractivity contribution in [2.75, 3.05) is 14.7 Å². The van der Waals surface area contributed by atoms with Crippen LogP contribution in [0, 0.1) is 0 Å². The van der Waals surface area contributed by atoms with Gasteiger partial charge in [-0.1, -0.05) is 173 Å². The number of nitrogens with zero attached hydrogens (tertiary/aromatic N) is 3. The Labute approximate surface area is 433 Å². The molecule has 73 heavy (non-hydrogen) atoms. The molecule has 0 N–H and O–H groups in total. The standard InChI is InChI=1S/C68H68BN3O/c1-64(2,3)45-22-19-23-48(37-45)70-57-38-46(65(4,5)6)27-30-54(57)69-55-31-28-47(66(7,8)9)39-58(55)71(49-29-33-62-52(40-49)51-24-15-16-25-61(51)73-62)60-42-50(41-59(70)63(60)69)72-56-32-26-44(43-20-13-12-14-21-43)36-53(56)67(10)34-17-18-35-68(67,72)11/h12-16,19-33,36-42H,17-18,34-35H2,1-11H3. The highest BCUT2D eigenvalue weighted by Crippen LogP contribution is 2.62. The molecule has 1 saturated carbocycles. The molecule has 0 radical (unpaired) electrons. The van der Waals surface area contributed by atoms with Gasteiger partial charge < -0.3 is 19.1 Å². The minimum Gasteiger partial charge on any atom is -0.456 e. The quantitative estimate of drug-likeness (QED) is 0.164. The van der Waals surface area contributed by atoms with Crippen molar-refractivity contribution in [3.8, 4) is 11.1 Å². The lowest BCUT2D eigenvalue weighted by Gasteiger charge is -2.51. The predicted octanol–water partition coefficient (Wildman–Crippen LogP) is 17.0. The summed E-state index contributed by atoms with van der Waals surface area (Å²) in [6.45, 7) is 26.2. The van der Waals surface area contributed by atoms with Crippen LogP contribution < -0.4 is 31.1 Å². The van der Waals surface area contributed by atoms with Crippen LogP contribution in [0.15, 0.2) is 168 Å². The first-order chi connectivity index (χ1) is 34.8. The molecule has 0 bridgehead atoms. The Bertz CT molecular complexity index is 3710. The van der Waals surface area contributed by atoms with Gasteiger partial charge in [-0.15, -0.1) is 0 Å². The summed E-state index contributed by atoms with van der Waals surface area (Å²) in [6.07, 6.45) is 4.68. The monoisotopic (exact) mass is 954 g/mol. The van der Waals surface area contributed by atoms with E-state index in [2.05, 4.69) is 255 Å². The van der Waals surface area contributed by atoms with Gasteiger partial charge in [0.25, 0.3) is 6.71 Å². The highest BCUT2D eigenvalue weighted by atomic mass is 16.3. The van der Waals surface area contributed by atoms with Gasteiger partial charge in [-0.3, -0.25) is 0 Å². The van der Waals surface area contributed by atoms with E-state index >= 15 is 0 Å². The second-order valence-electron chi connectivity index (χ2n) is 25.4. The van der Waals surface area contributed by atoms with E-state index in [9.17, 15) is 0 Å². The van der Waals surface area contributed by atoms with Crippen LogP contribution in [0.4, 0.5) is 45.5 Å². The summed E-state index contributed by atoms with van der Waals surface area (Å²) in [5.41, 5.74) is 23.2. The van der Waals surface area contributed by atoms with Crippen LogP contribution in [-0.2, 0) is 21.7 Å². The second-order valence-corrected chi connectivity index (χ2v) is 25.4. The molecule has 8 aromatic carbocycles. The summed E-state index contributed by atoms with van der Waals surface area (Å²) < 4.78 is 6.52. The van der Waals surface area contributed by atoms with Crippen molar-refractivity contribution in [3.63, 3.8) is 0 Å². The molecule has 0 saturated heterocycles. The van der Waals surface area contributed by atoms with Crippen LogP contribution in [0.5, 0.6) is 0 Å². The Morgan fingerprint density at radius 1 is 0.438 bits per heavy atom. The summed E-state index contributed by atoms with van der Waals surface area (Å²) in [5.74, 6) is 0. The predicted molar refractivity (Wildman–Crippen MR) is 312 cm³/mol. The van der Waals surface area contributed by atoms with Crippen molar-refractivity contribution >= 4 is 90.5 Å². The first-order valence-electron chi connectivity index (χ1n) is 26.9. The number of fused-ring (bicyclic) bond motifs is 10. The molecule has 2 unspecified atom stereocenters. The van der Waals surface area contributed by atoms with Gasteiger partial charge in [0.2, 0.25) is 0 Å². The fourth-order valence-corrected chi connectivity index (χ4v) is 13.5. The minimum atomic E-state index is -0.183. The smallest absolute Gasteiger partial charge is 0.252 e. The molecule has 0 spiro atoms. The van der Waals surface area contributed by atoms with Gasteiger partial charge in [-0.05, 0) is 159 Å². The first-order valence-corrected chi connectivity index (χ1v) is 26.9. The van der Waals surface area contributed by atoms with E-state index in [0.29, 0.717) is 0 Å². The number of para-hydroxylation sites is 1. The third-order valence-electron chi connectivity index (χ3n) is 17.8. The summed E-state index contributed by atoms with van der Waals surface area (Å²) in [4.78, 5) is 8.08. The van der Waals surface area contributed by atoms with Crippen molar-refractivity contribution in [3.05, 3.63) is 186 Å². The molecule has 13 rings (SSSR count). The third kappa shape index (κ3) is 6.86. The summed E-state index contributed by atoms with van der Waals surface area (Å²) in [5, 5.41) is 2.26. The van der Waals surface area contributed by atoms with Gasteiger partial charge in [0.05, 0.1) is 5.54 Å². The average Bonchev–Trinajstić information content (AvgIpc) is 3.84. The second kappa shape index (κ2) is 15.8. The molecule has 4 aliphatic rings. The van der Waals surface area contributed by atoms with E-state index < -0.39 is 0 Å². The molecular weight excluding hydrogens is 886 g/mol. The van der Waals surface area contributed by atoms with Gasteiger partial charge >= 0.3 is 0 Å². The number of benzene rings is 8. The normalized spacial score (nSPS) is 19.2. The summed E-state index contributed by atoms with van der Waals surface area (Å²) in [7, 11) is 0. The van der Waals surface area contributed by atoms with Crippen molar-refractivity contribution < 1.29 is 4.42 Å². The zero-order valence-corrected chi connectivity index (χ0v) is 44.7. The zero-order valence-electron chi connectivity index (χ0n) is 44.7. The molecule has 4 nitrogen and oxygen atoms in total. The molecule has 4 heterocycles. The van der Waals surface area contributed by atoms with Crippen molar-refractivity contribution in [1.29, 1.82) is 0 Å². The molecule has 3 aliphatic heterocycles. The first kappa shape index (κ1) is 45.9. The molecule has 0 amide bonds. The molecule has 5 heteroatoms. The number of hydrogen-bond donors (Lipinski definition) is 0. The minimum absolute atomic E-state index is 0.0151. The molecule has 1 aromatic heterocycles. The lowest BCUT2D eigenvalue weighted by molar-refractivity contribution is 0.195. The largest absolute Gasteiger partial charge is 0.456 e. The molecular formula is C68H68BN3O. The van der Waals surface area contributed by atoms with Crippen LogP contribution >= 0.6 is 0 Å². The van der Waals surface area contributed by atoms with Crippen LogP contribution in [-0.4, -0.2) is 12.3 Å². The number of anilines is 8. The van der Waals surface area contributed by atoms with E-state index in [1.165, 1.54) is 102 Å². The van der Waals surface area contributed by atoms with E-state index in [4.69, 9.17) is 4.42 Å². The van der Waals surface area contributed by atoms with Crippen LogP contribution in [0.3, 0.4) is 0 Å². The lowest BCUT2D eigenvalue weighted by Crippen LogP contribution is -2.61. The maximum absolute atomic E-state index is 6.52. The van der Waals surface area contributed by atoms with E-state index in [-0.39, 0.29) is 33.9 Å². The van der Waals surface area contributed by atoms with Gasteiger partial charge in [0, 0.05) is 61.7 Å². The van der Waals surface area contributed by atoms with Crippen LogP contribution in [0.2, 0.25) is 0 Å². The van der Waals surface area contributed by atoms with Gasteiger partial charge in [0.15, 0.2) is 0 Å². The van der Waals surface area contributed by atoms with E-state index in [1.807, 2.05) is 0 Å². The van der Waals surface area contributed by atoms with Gasteiger partial charge in [-0.25, -0.2) is 0 Å². The van der Waals surface area contributed by atoms with Crippen molar-refractivity contribution in [1.82, 2.24) is 0 Å². The lowest BCUT2D eigenvalue weighted by atomic mass is 9.33. The Balaban J connectivity index is 1.16. The SMILES string of the molecule is CC(C)(C)c1cccc(N2c3cc(C(C)(C)C)ccc3B3c4ccc(C(C)(C)C)cc4N(c4ccc5oc6ccccc6c5c4)c4cc(N5c6ccc(-c7ccccc7)cc6C6(C)CCCCC56C)cc2c43)c1. The third-order valence-corrected chi connectivity index (χ3v) is 17.8. The summed E-state index contributed by atoms with van der Waals surface area (Å²) >= 11 is 0. The molecule has 1 fully saturated rings. The Morgan fingerprint density at radius 2 is 1.03 bits per heavy atom. The average molecular weight is 954 g/mol. The van der Waals surface area contributed by atoms with Gasteiger partial charge in [0.1, 0.15) is 11.2 Å². The summed E-state index contributed by atoms with van der Waals surface area (Å²) in [6, 6.07) is 63.1. The molecule has 2 atom stereocenters. The fraction of sp³-hybridized carbons (Fsp3) is 0.294. The van der Waals surface area contributed by atoms with Gasteiger partial charge in [-0.2, -0.15) is 0 Å². The van der Waals surface area contributed by atoms with Crippen LogP contribution in [0.1, 0.15) is 124 Å². The van der Waals surface area contributed by atoms with Crippen molar-refractivity contribution in [2.45, 2.75) is 129 Å². The molecule has 1 aliphatic carbocycles. The maximum Gasteiger partial charge on any atom is 0.252 e. The molecule has 9 aromatic rings.